The Hall–Kier alpha value is -2.15. The summed E-state index contributed by atoms with van der Waals surface area (Å²) < 4.78 is 0. The maximum absolute atomic E-state index is 11.8. The van der Waals surface area contributed by atoms with Crippen molar-refractivity contribution < 1.29 is 14.8 Å². The highest BCUT2D eigenvalue weighted by molar-refractivity contribution is 5.95. The van der Waals surface area contributed by atoms with Crippen LogP contribution in [0, 0.1) is 10.1 Å². The number of rotatable bonds is 6. The summed E-state index contributed by atoms with van der Waals surface area (Å²) in [5.41, 5.74) is -0.227. The normalized spacial score (nSPS) is 11.1. The van der Waals surface area contributed by atoms with Crippen LogP contribution < -0.4 is 10.2 Å². The Balaban J connectivity index is 3.29. The number of nitro groups is 1. The van der Waals surface area contributed by atoms with Gasteiger partial charge in [-0.3, -0.25) is 14.9 Å². The molecule has 0 aromatic heterocycles. The molecule has 1 aromatic carbocycles. The number of likely N-dealkylation sites (N-methyl/N-ethyl adjacent to an activating group) is 1. The van der Waals surface area contributed by atoms with Gasteiger partial charge in [-0.1, -0.05) is 0 Å². The lowest BCUT2D eigenvalue weighted by atomic mass is 10.0. The van der Waals surface area contributed by atoms with E-state index in [2.05, 4.69) is 5.32 Å². The summed E-state index contributed by atoms with van der Waals surface area (Å²) >= 11 is 0. The Labute approximate surface area is 123 Å². The Morgan fingerprint density at radius 2 is 2.10 bits per heavy atom. The van der Waals surface area contributed by atoms with E-state index in [4.69, 9.17) is 0 Å². The number of hydrogen-bond donors (Lipinski definition) is 2. The van der Waals surface area contributed by atoms with Gasteiger partial charge in [0.2, 0.25) is 0 Å². The third kappa shape index (κ3) is 3.69. The van der Waals surface area contributed by atoms with Crippen LogP contribution in [-0.2, 0) is 0 Å². The van der Waals surface area contributed by atoms with E-state index in [9.17, 15) is 20.0 Å². The summed E-state index contributed by atoms with van der Waals surface area (Å²) in [5, 5.41) is 23.3. The fraction of sp³-hybridized carbons (Fsp3) is 0.500. The van der Waals surface area contributed by atoms with Gasteiger partial charge in [-0.15, -0.1) is 0 Å². The molecule has 0 aliphatic carbocycles. The molecule has 0 unspecified atom stereocenters. The highest BCUT2D eigenvalue weighted by atomic mass is 16.6. The van der Waals surface area contributed by atoms with Crippen molar-refractivity contribution in [1.82, 2.24) is 5.32 Å². The fourth-order valence-electron chi connectivity index (χ4n) is 1.79. The van der Waals surface area contributed by atoms with E-state index in [0.29, 0.717) is 12.2 Å². The number of amides is 1. The van der Waals surface area contributed by atoms with Crippen LogP contribution in [0.3, 0.4) is 0 Å². The lowest BCUT2D eigenvalue weighted by Crippen LogP contribution is -2.44. The van der Waals surface area contributed by atoms with E-state index in [0.717, 1.165) is 0 Å². The number of carbonyl (C=O) groups is 1. The van der Waals surface area contributed by atoms with E-state index < -0.39 is 10.5 Å². The topological polar surface area (TPSA) is 95.7 Å². The molecular weight excluding hydrogens is 274 g/mol. The first kappa shape index (κ1) is 16.9. The van der Waals surface area contributed by atoms with Gasteiger partial charge in [0, 0.05) is 25.2 Å². The molecule has 0 radical (unpaired) electrons. The van der Waals surface area contributed by atoms with E-state index >= 15 is 0 Å². The monoisotopic (exact) mass is 295 g/mol. The zero-order valence-corrected chi connectivity index (χ0v) is 12.7. The molecule has 7 heteroatoms. The highest BCUT2D eigenvalue weighted by Crippen LogP contribution is 2.32. The summed E-state index contributed by atoms with van der Waals surface area (Å²) in [6, 6.07) is 4.32. The SMILES string of the molecule is CCNC(=O)c1ccc(N(C)C(C)(C)CO)c([N+](=O)[O-])c1. The Morgan fingerprint density at radius 1 is 1.48 bits per heavy atom. The minimum absolute atomic E-state index is 0.154. The average molecular weight is 295 g/mol. The van der Waals surface area contributed by atoms with Crippen LogP contribution >= 0.6 is 0 Å². The zero-order valence-electron chi connectivity index (χ0n) is 12.7. The van der Waals surface area contributed by atoms with E-state index in [1.807, 2.05) is 0 Å². The minimum Gasteiger partial charge on any atom is -0.394 e. The van der Waals surface area contributed by atoms with E-state index in [1.165, 1.54) is 18.2 Å². The van der Waals surface area contributed by atoms with Gasteiger partial charge in [-0.05, 0) is 32.9 Å². The van der Waals surface area contributed by atoms with Gasteiger partial charge in [-0.25, -0.2) is 0 Å². The molecular formula is C14H21N3O4. The molecule has 0 fully saturated rings. The van der Waals surface area contributed by atoms with Crippen molar-refractivity contribution in [1.29, 1.82) is 0 Å². The summed E-state index contributed by atoms with van der Waals surface area (Å²) in [6.07, 6.45) is 0. The number of aliphatic hydroxyl groups excluding tert-OH is 1. The summed E-state index contributed by atoms with van der Waals surface area (Å²) in [5.74, 6) is -0.351. The highest BCUT2D eigenvalue weighted by Gasteiger charge is 2.28. The maximum atomic E-state index is 11.8. The molecule has 1 amide bonds. The fourth-order valence-corrected chi connectivity index (χ4v) is 1.79. The molecule has 7 nitrogen and oxygen atoms in total. The van der Waals surface area contributed by atoms with Crippen molar-refractivity contribution >= 4 is 17.3 Å². The Kier molecular flexibility index (Phi) is 5.26. The number of benzene rings is 1. The van der Waals surface area contributed by atoms with Crippen molar-refractivity contribution in [3.63, 3.8) is 0 Å². The first-order valence-electron chi connectivity index (χ1n) is 6.66. The van der Waals surface area contributed by atoms with Crippen molar-refractivity contribution in [2.75, 3.05) is 25.1 Å². The van der Waals surface area contributed by atoms with Crippen molar-refractivity contribution in [2.45, 2.75) is 26.3 Å². The summed E-state index contributed by atoms with van der Waals surface area (Å²) in [4.78, 5) is 24.1. The van der Waals surface area contributed by atoms with Gasteiger partial charge in [0.1, 0.15) is 5.69 Å². The number of hydrogen-bond acceptors (Lipinski definition) is 5. The lowest BCUT2D eigenvalue weighted by molar-refractivity contribution is -0.384. The number of nitrogens with one attached hydrogen (secondary N) is 1. The predicted molar refractivity (Wildman–Crippen MR) is 80.7 cm³/mol. The Bertz CT molecular complexity index is 543. The molecule has 0 atom stereocenters. The number of anilines is 1. The van der Waals surface area contributed by atoms with Gasteiger partial charge in [-0.2, -0.15) is 0 Å². The van der Waals surface area contributed by atoms with Crippen LogP contribution in [0.25, 0.3) is 0 Å². The van der Waals surface area contributed by atoms with Crippen LogP contribution in [0.2, 0.25) is 0 Å². The number of carbonyl (C=O) groups excluding carboxylic acids is 1. The van der Waals surface area contributed by atoms with Crippen LogP contribution in [0.5, 0.6) is 0 Å². The lowest BCUT2D eigenvalue weighted by Gasteiger charge is -2.35. The molecule has 1 aromatic rings. The van der Waals surface area contributed by atoms with Crippen molar-refractivity contribution in [2.24, 2.45) is 0 Å². The average Bonchev–Trinajstić information content (AvgIpc) is 2.45. The predicted octanol–water partition coefficient (Wildman–Crippen LogP) is 1.55. The van der Waals surface area contributed by atoms with Gasteiger partial charge in [0.15, 0.2) is 0 Å². The minimum atomic E-state index is -0.655. The number of aliphatic hydroxyl groups is 1. The molecule has 0 saturated carbocycles. The summed E-state index contributed by atoms with van der Waals surface area (Å²) in [7, 11) is 1.67. The second kappa shape index (κ2) is 6.53. The van der Waals surface area contributed by atoms with Gasteiger partial charge >= 0.3 is 0 Å². The van der Waals surface area contributed by atoms with E-state index in [-0.39, 0.29) is 23.8 Å². The molecule has 0 aliphatic rings. The standard InChI is InChI=1S/C14H21N3O4/c1-5-15-13(19)10-6-7-11(12(8-10)17(20)21)16(4)14(2,3)9-18/h6-8,18H,5,9H2,1-4H3,(H,15,19). The Morgan fingerprint density at radius 3 is 2.57 bits per heavy atom. The molecule has 0 saturated heterocycles. The quantitative estimate of drug-likeness (QED) is 0.613. The third-order valence-electron chi connectivity index (χ3n) is 3.43. The van der Waals surface area contributed by atoms with Crippen molar-refractivity contribution in [3.05, 3.63) is 33.9 Å². The first-order chi connectivity index (χ1) is 9.74. The molecule has 0 aliphatic heterocycles. The maximum Gasteiger partial charge on any atom is 0.293 e. The number of nitro benzene ring substituents is 1. The van der Waals surface area contributed by atoms with Gasteiger partial charge < -0.3 is 15.3 Å². The molecule has 0 heterocycles. The summed E-state index contributed by atoms with van der Waals surface area (Å²) in [6.45, 7) is 5.62. The van der Waals surface area contributed by atoms with Crippen LogP contribution in [0.1, 0.15) is 31.1 Å². The first-order valence-corrected chi connectivity index (χ1v) is 6.66. The second-order valence-corrected chi connectivity index (χ2v) is 5.35. The van der Waals surface area contributed by atoms with Crippen molar-refractivity contribution in [3.8, 4) is 0 Å². The molecule has 21 heavy (non-hydrogen) atoms. The van der Waals surface area contributed by atoms with Crippen LogP contribution in [0.15, 0.2) is 18.2 Å². The molecule has 0 spiro atoms. The second-order valence-electron chi connectivity index (χ2n) is 5.35. The van der Waals surface area contributed by atoms with E-state index in [1.54, 1.807) is 32.7 Å². The third-order valence-corrected chi connectivity index (χ3v) is 3.43. The zero-order chi connectivity index (χ0) is 16.2. The molecule has 2 N–H and O–H groups in total. The largest absolute Gasteiger partial charge is 0.394 e. The molecule has 0 bridgehead atoms. The smallest absolute Gasteiger partial charge is 0.293 e. The van der Waals surface area contributed by atoms with Crippen LogP contribution in [-0.4, -0.2) is 41.7 Å². The van der Waals surface area contributed by atoms with Gasteiger partial charge in [0.25, 0.3) is 11.6 Å². The number of nitrogens with zero attached hydrogens (tertiary/aromatic N) is 2. The molecule has 1 rings (SSSR count). The van der Waals surface area contributed by atoms with Crippen LogP contribution in [0.4, 0.5) is 11.4 Å². The molecule has 116 valence electrons. The van der Waals surface area contributed by atoms with Gasteiger partial charge in [0.05, 0.1) is 17.1 Å².